The van der Waals surface area contributed by atoms with Crippen molar-refractivity contribution in [3.8, 4) is 5.75 Å². The van der Waals surface area contributed by atoms with Gasteiger partial charge in [0.15, 0.2) is 12.0 Å². The zero-order valence-electron chi connectivity index (χ0n) is 6.64. The van der Waals surface area contributed by atoms with Crippen molar-refractivity contribution in [1.29, 1.82) is 0 Å². The van der Waals surface area contributed by atoms with Gasteiger partial charge in [0.05, 0.1) is 9.50 Å². The van der Waals surface area contributed by atoms with Gasteiger partial charge in [-0.05, 0) is 28.1 Å². The highest BCUT2D eigenvalue weighted by molar-refractivity contribution is 9.10. The zero-order chi connectivity index (χ0) is 10.7. The Hall–Kier alpha value is -0.680. The Bertz CT molecular complexity index is 357. The van der Waals surface area contributed by atoms with E-state index in [0.717, 1.165) is 0 Å². The van der Waals surface area contributed by atoms with E-state index in [9.17, 15) is 13.6 Å². The molecule has 0 aliphatic carbocycles. The van der Waals surface area contributed by atoms with Gasteiger partial charge in [-0.3, -0.25) is 4.79 Å². The molecule has 0 aliphatic rings. The molecule has 6 heteroatoms. The molecule has 0 amide bonds. The number of hydrogen-bond donors (Lipinski definition) is 0. The van der Waals surface area contributed by atoms with E-state index in [-0.39, 0.29) is 20.8 Å². The Balaban J connectivity index is 3.18. The quantitative estimate of drug-likeness (QED) is 0.794. The van der Waals surface area contributed by atoms with E-state index in [0.29, 0.717) is 6.29 Å². The average Bonchev–Trinajstić information content (AvgIpc) is 2.12. The maximum Gasteiger partial charge on any atom is 0.387 e. The zero-order valence-corrected chi connectivity index (χ0v) is 8.98. The SMILES string of the molecule is O=Cc1ccc(Br)c(OC(F)F)c1Cl. The second-order valence-electron chi connectivity index (χ2n) is 2.28. The standard InChI is InChI=1S/C8H4BrClF2O2/c9-5-2-1-4(3-13)6(10)7(5)14-8(11)12/h1-3,8H. The fraction of sp³-hybridized carbons (Fsp3) is 0.125. The predicted molar refractivity (Wildman–Crippen MR) is 51.2 cm³/mol. The van der Waals surface area contributed by atoms with E-state index in [1.165, 1.54) is 12.1 Å². The van der Waals surface area contributed by atoms with Crippen LogP contribution in [-0.4, -0.2) is 12.9 Å². The second-order valence-corrected chi connectivity index (χ2v) is 3.51. The Kier molecular flexibility index (Phi) is 3.83. The molecule has 0 saturated carbocycles. The maximum atomic E-state index is 11.9. The first-order valence-corrected chi connectivity index (χ1v) is 4.61. The number of alkyl halides is 2. The van der Waals surface area contributed by atoms with E-state index < -0.39 is 6.61 Å². The van der Waals surface area contributed by atoms with Gasteiger partial charge in [0.2, 0.25) is 0 Å². The fourth-order valence-corrected chi connectivity index (χ4v) is 1.63. The minimum atomic E-state index is -2.98. The van der Waals surface area contributed by atoms with Crippen molar-refractivity contribution in [2.24, 2.45) is 0 Å². The van der Waals surface area contributed by atoms with Crippen LogP contribution in [-0.2, 0) is 0 Å². The minimum Gasteiger partial charge on any atom is -0.432 e. The Morgan fingerprint density at radius 3 is 2.64 bits per heavy atom. The molecule has 0 bridgehead atoms. The summed E-state index contributed by atoms with van der Waals surface area (Å²) in [6.45, 7) is -2.98. The first-order chi connectivity index (χ1) is 6.56. The second kappa shape index (κ2) is 4.70. The van der Waals surface area contributed by atoms with Crippen molar-refractivity contribution >= 4 is 33.8 Å². The molecule has 0 fully saturated rings. The molecule has 0 atom stereocenters. The number of hydrogen-bond acceptors (Lipinski definition) is 2. The molecule has 0 saturated heterocycles. The van der Waals surface area contributed by atoms with Crippen LogP contribution in [0.15, 0.2) is 16.6 Å². The van der Waals surface area contributed by atoms with Gasteiger partial charge in [0.1, 0.15) is 0 Å². The molecule has 14 heavy (non-hydrogen) atoms. The molecular weight excluding hydrogens is 281 g/mol. The van der Waals surface area contributed by atoms with Crippen LogP contribution in [0.2, 0.25) is 5.02 Å². The molecule has 0 radical (unpaired) electrons. The van der Waals surface area contributed by atoms with Gasteiger partial charge in [0, 0.05) is 5.56 Å². The normalized spacial score (nSPS) is 10.4. The molecule has 0 spiro atoms. The highest BCUT2D eigenvalue weighted by Gasteiger charge is 2.15. The summed E-state index contributed by atoms with van der Waals surface area (Å²) in [4.78, 5) is 10.4. The molecule has 0 heterocycles. The van der Waals surface area contributed by atoms with Crippen LogP contribution in [0.4, 0.5) is 8.78 Å². The highest BCUT2D eigenvalue weighted by Crippen LogP contribution is 2.36. The topological polar surface area (TPSA) is 26.3 Å². The third-order valence-corrected chi connectivity index (χ3v) is 2.43. The van der Waals surface area contributed by atoms with Crippen LogP contribution in [0.3, 0.4) is 0 Å². The Morgan fingerprint density at radius 2 is 2.14 bits per heavy atom. The molecule has 76 valence electrons. The molecule has 0 aliphatic heterocycles. The largest absolute Gasteiger partial charge is 0.432 e. The number of halogens is 4. The van der Waals surface area contributed by atoms with Crippen molar-refractivity contribution in [3.63, 3.8) is 0 Å². The molecule has 1 rings (SSSR count). The predicted octanol–water partition coefficient (Wildman–Crippen LogP) is 3.52. The summed E-state index contributed by atoms with van der Waals surface area (Å²) in [6.07, 6.45) is 0.465. The molecular formula is C8H4BrClF2O2. The fourth-order valence-electron chi connectivity index (χ4n) is 0.836. The van der Waals surface area contributed by atoms with Crippen molar-refractivity contribution in [2.75, 3.05) is 0 Å². The van der Waals surface area contributed by atoms with Gasteiger partial charge in [-0.15, -0.1) is 0 Å². The molecule has 0 N–H and O–H groups in total. The van der Waals surface area contributed by atoms with Crippen molar-refractivity contribution < 1.29 is 18.3 Å². The summed E-state index contributed by atoms with van der Waals surface area (Å²) in [7, 11) is 0. The number of benzene rings is 1. The van der Waals surface area contributed by atoms with E-state index in [1.807, 2.05) is 0 Å². The van der Waals surface area contributed by atoms with Gasteiger partial charge in [-0.2, -0.15) is 8.78 Å². The smallest absolute Gasteiger partial charge is 0.387 e. The van der Waals surface area contributed by atoms with Crippen molar-refractivity contribution in [3.05, 3.63) is 27.2 Å². The summed E-state index contributed by atoms with van der Waals surface area (Å²) in [6, 6.07) is 2.81. The number of carbonyl (C=O) groups excluding carboxylic acids is 1. The number of aldehydes is 1. The lowest BCUT2D eigenvalue weighted by Crippen LogP contribution is -2.03. The van der Waals surface area contributed by atoms with Gasteiger partial charge >= 0.3 is 6.61 Å². The van der Waals surface area contributed by atoms with E-state index >= 15 is 0 Å². The highest BCUT2D eigenvalue weighted by atomic mass is 79.9. The molecule has 0 unspecified atom stereocenters. The van der Waals surface area contributed by atoms with Crippen LogP contribution >= 0.6 is 27.5 Å². The van der Waals surface area contributed by atoms with Crippen LogP contribution in [0.1, 0.15) is 10.4 Å². The van der Waals surface area contributed by atoms with Crippen LogP contribution in [0.5, 0.6) is 5.75 Å². The summed E-state index contributed by atoms with van der Waals surface area (Å²) < 4.78 is 28.3. The molecule has 1 aromatic carbocycles. The molecule has 0 aromatic heterocycles. The van der Waals surface area contributed by atoms with Crippen LogP contribution < -0.4 is 4.74 Å². The first-order valence-electron chi connectivity index (χ1n) is 3.44. The van der Waals surface area contributed by atoms with E-state index in [1.54, 1.807) is 0 Å². The van der Waals surface area contributed by atoms with Gasteiger partial charge in [-0.25, -0.2) is 0 Å². The average molecular weight is 285 g/mol. The minimum absolute atomic E-state index is 0.102. The van der Waals surface area contributed by atoms with Crippen LogP contribution in [0, 0.1) is 0 Å². The molecule has 2 nitrogen and oxygen atoms in total. The summed E-state index contributed by atoms with van der Waals surface area (Å²) in [5.74, 6) is -0.230. The van der Waals surface area contributed by atoms with Gasteiger partial charge in [-0.1, -0.05) is 11.6 Å². The monoisotopic (exact) mass is 284 g/mol. The maximum absolute atomic E-state index is 11.9. The third kappa shape index (κ3) is 2.42. The molecule has 1 aromatic rings. The Morgan fingerprint density at radius 1 is 1.50 bits per heavy atom. The lowest BCUT2D eigenvalue weighted by atomic mass is 10.2. The first kappa shape index (κ1) is 11.4. The summed E-state index contributed by atoms with van der Waals surface area (Å²) in [5, 5.41) is -0.130. The van der Waals surface area contributed by atoms with Crippen molar-refractivity contribution in [2.45, 2.75) is 6.61 Å². The van der Waals surface area contributed by atoms with Crippen LogP contribution in [0.25, 0.3) is 0 Å². The number of carbonyl (C=O) groups is 1. The van der Waals surface area contributed by atoms with Gasteiger partial charge < -0.3 is 4.74 Å². The van der Waals surface area contributed by atoms with E-state index in [2.05, 4.69) is 20.7 Å². The lowest BCUT2D eigenvalue weighted by Gasteiger charge is -2.09. The van der Waals surface area contributed by atoms with Crippen molar-refractivity contribution in [1.82, 2.24) is 0 Å². The third-order valence-electron chi connectivity index (χ3n) is 1.41. The van der Waals surface area contributed by atoms with Gasteiger partial charge in [0.25, 0.3) is 0 Å². The summed E-state index contributed by atoms with van der Waals surface area (Å²) in [5.41, 5.74) is 0.102. The Labute approximate surface area is 91.9 Å². The number of rotatable bonds is 3. The lowest BCUT2D eigenvalue weighted by molar-refractivity contribution is -0.0503. The van der Waals surface area contributed by atoms with E-state index in [4.69, 9.17) is 11.6 Å². The summed E-state index contributed by atoms with van der Waals surface area (Å²) >= 11 is 8.62. The number of ether oxygens (including phenoxy) is 1.